The number of ketones is 1. The van der Waals surface area contributed by atoms with Crippen LogP contribution in [0.4, 0.5) is 0 Å². The summed E-state index contributed by atoms with van der Waals surface area (Å²) in [6.45, 7) is 6.70. The van der Waals surface area contributed by atoms with Crippen molar-refractivity contribution in [3.05, 3.63) is 62.3 Å². The van der Waals surface area contributed by atoms with Gasteiger partial charge in [-0.1, -0.05) is 23.7 Å². The normalized spacial score (nSPS) is 18.8. The Kier molecular flexibility index (Phi) is 6.77. The van der Waals surface area contributed by atoms with Gasteiger partial charge in [-0.2, -0.15) is 0 Å². The number of carbonyl (C=O) groups excluding carboxylic acids is 2. The Morgan fingerprint density at radius 1 is 1.31 bits per heavy atom. The highest BCUT2D eigenvalue weighted by Gasteiger charge is 2.46. The molecular weight excluding hydrogens is 410 g/mol. The summed E-state index contributed by atoms with van der Waals surface area (Å²) < 4.78 is 5.57. The number of amides is 1. The average molecular weight is 434 g/mol. The van der Waals surface area contributed by atoms with Crippen molar-refractivity contribution >= 4 is 40.4 Å². The molecule has 0 saturated carbocycles. The number of ether oxygens (including phenoxy) is 1. The Morgan fingerprint density at radius 3 is 2.69 bits per heavy atom. The van der Waals surface area contributed by atoms with Crippen LogP contribution in [0.2, 0.25) is 5.02 Å². The first kappa shape index (κ1) is 21.6. The van der Waals surface area contributed by atoms with Gasteiger partial charge in [-0.3, -0.25) is 9.59 Å². The maximum atomic E-state index is 12.9. The molecule has 1 amide bonds. The molecule has 0 aliphatic carbocycles. The third kappa shape index (κ3) is 4.55. The number of likely N-dealkylation sites (tertiary alicyclic amines) is 1. The second-order valence-corrected chi connectivity index (χ2v) is 8.63. The van der Waals surface area contributed by atoms with E-state index in [0.717, 1.165) is 10.4 Å². The molecular formula is C22H24ClNO4S. The summed E-state index contributed by atoms with van der Waals surface area (Å²) in [6.07, 6.45) is 0.701. The summed E-state index contributed by atoms with van der Waals surface area (Å²) in [5.74, 6) is -1.48. The van der Waals surface area contributed by atoms with Crippen LogP contribution >= 0.6 is 22.9 Å². The zero-order valence-corrected chi connectivity index (χ0v) is 18.2. The summed E-state index contributed by atoms with van der Waals surface area (Å²) in [5, 5.41) is 13.3. The van der Waals surface area contributed by atoms with Crippen LogP contribution in [0.25, 0.3) is 5.76 Å². The van der Waals surface area contributed by atoms with Gasteiger partial charge in [0.2, 0.25) is 0 Å². The van der Waals surface area contributed by atoms with E-state index in [2.05, 4.69) is 0 Å². The van der Waals surface area contributed by atoms with Crippen molar-refractivity contribution in [1.29, 1.82) is 0 Å². The van der Waals surface area contributed by atoms with Crippen molar-refractivity contribution in [3.63, 3.8) is 0 Å². The van der Waals surface area contributed by atoms with Crippen LogP contribution in [0.3, 0.4) is 0 Å². The molecule has 2 aromatic rings. The van der Waals surface area contributed by atoms with Crippen molar-refractivity contribution in [2.75, 3.05) is 13.2 Å². The zero-order chi connectivity index (χ0) is 21.1. The van der Waals surface area contributed by atoms with E-state index in [0.29, 0.717) is 30.2 Å². The number of nitrogens with zero attached hydrogens (tertiary/aromatic N) is 1. The van der Waals surface area contributed by atoms with E-state index in [-0.39, 0.29) is 17.4 Å². The predicted octanol–water partition coefficient (Wildman–Crippen LogP) is 4.95. The van der Waals surface area contributed by atoms with E-state index in [1.54, 1.807) is 29.2 Å². The standard InChI is InChI=1S/C22H24ClNO4S/c1-13(2)28-10-5-9-24-18(21-14(3)8-11-29-21)17(20(26)22(24)27)19(25)15-6-4-7-16(23)12-15/h4,6-8,11-13,18,25H,5,9-10H2,1-3H3/b19-17-. The Bertz CT molecular complexity index is 950. The number of aliphatic hydroxyl groups is 1. The first-order chi connectivity index (χ1) is 13.8. The fourth-order valence-corrected chi connectivity index (χ4v) is 4.63. The number of Topliss-reactive ketones (excluding diaryl/α,β-unsaturated/α-hetero) is 1. The molecule has 1 atom stereocenters. The number of hydrogen-bond acceptors (Lipinski definition) is 5. The van der Waals surface area contributed by atoms with Gasteiger partial charge in [-0.25, -0.2) is 0 Å². The smallest absolute Gasteiger partial charge is 0.295 e. The summed E-state index contributed by atoms with van der Waals surface area (Å²) >= 11 is 7.52. The number of halogens is 1. The second-order valence-electron chi connectivity index (χ2n) is 7.24. The molecule has 154 valence electrons. The minimum Gasteiger partial charge on any atom is -0.507 e. The fourth-order valence-electron chi connectivity index (χ4n) is 3.39. The highest BCUT2D eigenvalue weighted by molar-refractivity contribution is 7.10. The van der Waals surface area contributed by atoms with Crippen LogP contribution in [-0.2, 0) is 14.3 Å². The molecule has 1 aromatic carbocycles. The number of benzene rings is 1. The van der Waals surface area contributed by atoms with Crippen LogP contribution in [0.1, 0.15) is 42.3 Å². The van der Waals surface area contributed by atoms with E-state index in [1.165, 1.54) is 11.3 Å². The fraction of sp³-hybridized carbons (Fsp3) is 0.364. The van der Waals surface area contributed by atoms with Gasteiger partial charge in [-0.05, 0) is 56.3 Å². The first-order valence-corrected chi connectivity index (χ1v) is 10.8. The van der Waals surface area contributed by atoms with Gasteiger partial charge in [0.1, 0.15) is 5.76 Å². The minimum atomic E-state index is -0.676. The highest BCUT2D eigenvalue weighted by Crippen LogP contribution is 2.42. The number of rotatable bonds is 7. The van der Waals surface area contributed by atoms with Gasteiger partial charge in [0, 0.05) is 28.6 Å². The van der Waals surface area contributed by atoms with Crippen molar-refractivity contribution < 1.29 is 19.4 Å². The topological polar surface area (TPSA) is 66.8 Å². The lowest BCUT2D eigenvalue weighted by Crippen LogP contribution is -2.31. The molecule has 1 aliphatic rings. The molecule has 1 unspecified atom stereocenters. The molecule has 0 radical (unpaired) electrons. The van der Waals surface area contributed by atoms with Crippen molar-refractivity contribution in [2.45, 2.75) is 39.3 Å². The number of hydrogen-bond donors (Lipinski definition) is 1. The van der Waals surface area contributed by atoms with E-state index in [1.807, 2.05) is 32.2 Å². The molecule has 1 saturated heterocycles. The largest absolute Gasteiger partial charge is 0.507 e. The van der Waals surface area contributed by atoms with Gasteiger partial charge >= 0.3 is 0 Å². The van der Waals surface area contributed by atoms with Gasteiger partial charge in [0.05, 0.1) is 17.7 Å². The number of aliphatic hydroxyl groups excluding tert-OH is 1. The molecule has 0 spiro atoms. The maximum Gasteiger partial charge on any atom is 0.295 e. The SMILES string of the molecule is Cc1ccsc1C1/C(=C(/O)c2cccc(Cl)c2)C(=O)C(=O)N1CCCOC(C)C. The van der Waals surface area contributed by atoms with Gasteiger partial charge in [-0.15, -0.1) is 11.3 Å². The summed E-state index contributed by atoms with van der Waals surface area (Å²) in [7, 11) is 0. The summed E-state index contributed by atoms with van der Waals surface area (Å²) in [6, 6.07) is 7.96. The molecule has 0 bridgehead atoms. The van der Waals surface area contributed by atoms with Gasteiger partial charge in [0.25, 0.3) is 11.7 Å². The maximum absolute atomic E-state index is 12.9. The molecule has 1 aromatic heterocycles. The Labute approximate surface area is 179 Å². The zero-order valence-electron chi connectivity index (χ0n) is 16.6. The van der Waals surface area contributed by atoms with Crippen LogP contribution in [-0.4, -0.2) is 41.0 Å². The molecule has 7 heteroatoms. The van der Waals surface area contributed by atoms with E-state index in [4.69, 9.17) is 16.3 Å². The quantitative estimate of drug-likeness (QED) is 0.290. The molecule has 1 fully saturated rings. The van der Waals surface area contributed by atoms with E-state index >= 15 is 0 Å². The number of thiophene rings is 1. The first-order valence-electron chi connectivity index (χ1n) is 9.51. The van der Waals surface area contributed by atoms with Crippen LogP contribution in [0.5, 0.6) is 0 Å². The highest BCUT2D eigenvalue weighted by atomic mass is 35.5. The second kappa shape index (κ2) is 9.11. The summed E-state index contributed by atoms with van der Waals surface area (Å²) in [5.41, 5.74) is 1.49. The lowest BCUT2D eigenvalue weighted by atomic mass is 9.98. The molecule has 1 aliphatic heterocycles. The van der Waals surface area contributed by atoms with E-state index < -0.39 is 17.7 Å². The van der Waals surface area contributed by atoms with Crippen molar-refractivity contribution in [2.24, 2.45) is 0 Å². The summed E-state index contributed by atoms with van der Waals surface area (Å²) in [4.78, 5) is 28.2. The molecule has 1 N–H and O–H groups in total. The molecule has 5 nitrogen and oxygen atoms in total. The van der Waals surface area contributed by atoms with Crippen LogP contribution < -0.4 is 0 Å². The van der Waals surface area contributed by atoms with E-state index in [9.17, 15) is 14.7 Å². The third-order valence-electron chi connectivity index (χ3n) is 4.78. The Morgan fingerprint density at radius 2 is 2.07 bits per heavy atom. The lowest BCUT2D eigenvalue weighted by molar-refractivity contribution is -0.140. The average Bonchev–Trinajstić information content (AvgIpc) is 3.20. The molecule has 2 heterocycles. The van der Waals surface area contributed by atoms with Gasteiger partial charge < -0.3 is 14.7 Å². The monoisotopic (exact) mass is 433 g/mol. The minimum absolute atomic E-state index is 0.101. The molecule has 29 heavy (non-hydrogen) atoms. The van der Waals surface area contributed by atoms with Crippen molar-refractivity contribution in [1.82, 2.24) is 4.90 Å². The molecule has 3 rings (SSSR count). The van der Waals surface area contributed by atoms with Gasteiger partial charge in [0.15, 0.2) is 0 Å². The Hall–Kier alpha value is -2.15. The van der Waals surface area contributed by atoms with Crippen LogP contribution in [0, 0.1) is 6.92 Å². The predicted molar refractivity (Wildman–Crippen MR) is 115 cm³/mol. The lowest BCUT2D eigenvalue weighted by Gasteiger charge is -2.25. The third-order valence-corrected chi connectivity index (χ3v) is 6.09. The van der Waals surface area contributed by atoms with Crippen LogP contribution in [0.15, 0.2) is 41.3 Å². The number of aryl methyl sites for hydroxylation is 1. The van der Waals surface area contributed by atoms with Crippen molar-refractivity contribution in [3.8, 4) is 0 Å². The Balaban J connectivity index is 2.02. The number of carbonyl (C=O) groups is 2.